The minimum atomic E-state index is -0.554. The molecular weight excluding hydrogens is 460 g/mol. The zero-order valence-electron chi connectivity index (χ0n) is 18.8. The average molecular weight is 487 g/mol. The number of unbranched alkanes of at least 4 members (excludes halogenated alkanes) is 5. The summed E-state index contributed by atoms with van der Waals surface area (Å²) in [6.07, 6.45) is 6.35. The predicted octanol–water partition coefficient (Wildman–Crippen LogP) is 5.77. The van der Waals surface area contributed by atoms with Crippen molar-refractivity contribution in [3.8, 4) is 22.5 Å². The summed E-state index contributed by atoms with van der Waals surface area (Å²) in [5, 5.41) is 2.22. The summed E-state index contributed by atoms with van der Waals surface area (Å²) in [4.78, 5) is 26.4. The van der Waals surface area contributed by atoms with Gasteiger partial charge in [0.2, 0.25) is 5.82 Å². The fourth-order valence-electron chi connectivity index (χ4n) is 3.90. The molecule has 1 aliphatic heterocycles. The molecule has 0 amide bonds. The Hall–Kier alpha value is -2.47. The van der Waals surface area contributed by atoms with Crippen molar-refractivity contribution in [2.45, 2.75) is 71.1 Å². The van der Waals surface area contributed by atoms with Crippen LogP contribution in [0, 0.1) is 11.8 Å². The third-order valence-electron chi connectivity index (χ3n) is 5.43. The zero-order valence-corrected chi connectivity index (χ0v) is 20.4. The number of imidazole rings is 1. The molecule has 0 unspecified atom stereocenters. The Kier molecular flexibility index (Phi) is 7.97. The summed E-state index contributed by atoms with van der Waals surface area (Å²) < 4.78 is 13.4. The second-order valence-electron chi connectivity index (χ2n) is 7.96. The average Bonchev–Trinajstić information content (AvgIpc) is 3.52. The topological polar surface area (TPSA) is 79.1 Å². The molecule has 1 saturated heterocycles. The highest BCUT2D eigenvalue weighted by molar-refractivity contribution is 7.13. The van der Waals surface area contributed by atoms with Crippen LogP contribution in [0.1, 0.15) is 70.8 Å². The van der Waals surface area contributed by atoms with Gasteiger partial charge in [0.05, 0.1) is 11.5 Å². The zero-order chi connectivity index (χ0) is 23.2. The molecule has 1 fully saturated rings. The van der Waals surface area contributed by atoms with Crippen molar-refractivity contribution >= 4 is 40.1 Å². The van der Waals surface area contributed by atoms with Gasteiger partial charge in [-0.1, -0.05) is 56.2 Å². The van der Waals surface area contributed by atoms with Gasteiger partial charge in [-0.25, -0.2) is 15.0 Å². The SMILES string of the molecule is CCCCCCCC#Cc1nc(Cl)c2nc(-c3cccs3)n([C@@H]3OCC[C@H]3OC(C)=O)c2n1. The highest BCUT2D eigenvalue weighted by Crippen LogP contribution is 2.37. The number of rotatable bonds is 8. The van der Waals surface area contributed by atoms with E-state index in [0.717, 1.165) is 17.7 Å². The van der Waals surface area contributed by atoms with E-state index in [2.05, 4.69) is 28.7 Å². The first kappa shape index (κ1) is 23.7. The van der Waals surface area contributed by atoms with Gasteiger partial charge >= 0.3 is 5.97 Å². The molecule has 4 rings (SSSR count). The Morgan fingerprint density at radius 2 is 2.15 bits per heavy atom. The van der Waals surface area contributed by atoms with E-state index < -0.39 is 12.3 Å². The van der Waals surface area contributed by atoms with Crippen molar-refractivity contribution in [1.82, 2.24) is 19.5 Å². The Bertz CT molecular complexity index is 1170. The maximum atomic E-state index is 11.7. The Balaban J connectivity index is 1.70. The molecule has 0 spiro atoms. The van der Waals surface area contributed by atoms with Crippen LogP contribution in [0.4, 0.5) is 0 Å². The quantitative estimate of drug-likeness (QED) is 0.174. The van der Waals surface area contributed by atoms with E-state index in [0.29, 0.717) is 35.8 Å². The molecule has 9 heteroatoms. The number of esters is 1. The van der Waals surface area contributed by atoms with Crippen LogP contribution in [0.5, 0.6) is 0 Å². The smallest absolute Gasteiger partial charge is 0.303 e. The predicted molar refractivity (Wildman–Crippen MR) is 129 cm³/mol. The fraction of sp³-hybridized carbons (Fsp3) is 0.500. The van der Waals surface area contributed by atoms with E-state index in [9.17, 15) is 4.79 Å². The first-order valence-corrected chi connectivity index (χ1v) is 12.6. The van der Waals surface area contributed by atoms with Crippen molar-refractivity contribution < 1.29 is 14.3 Å². The van der Waals surface area contributed by atoms with Gasteiger partial charge < -0.3 is 9.47 Å². The molecule has 0 radical (unpaired) electrons. The molecule has 1 aliphatic rings. The van der Waals surface area contributed by atoms with Gasteiger partial charge in [0.25, 0.3) is 0 Å². The minimum Gasteiger partial charge on any atom is -0.458 e. The minimum absolute atomic E-state index is 0.242. The molecule has 7 nitrogen and oxygen atoms in total. The third kappa shape index (κ3) is 5.55. The molecule has 0 aromatic carbocycles. The second-order valence-corrected chi connectivity index (χ2v) is 9.26. The van der Waals surface area contributed by atoms with Gasteiger partial charge in [0, 0.05) is 19.8 Å². The lowest BCUT2D eigenvalue weighted by atomic mass is 10.1. The number of nitrogens with zero attached hydrogens (tertiary/aromatic N) is 4. The largest absolute Gasteiger partial charge is 0.458 e. The van der Waals surface area contributed by atoms with Crippen LogP contribution in [-0.4, -0.2) is 38.2 Å². The maximum absolute atomic E-state index is 11.7. The number of hydrogen-bond donors (Lipinski definition) is 0. The van der Waals surface area contributed by atoms with E-state index in [-0.39, 0.29) is 11.1 Å². The van der Waals surface area contributed by atoms with E-state index in [1.54, 1.807) is 11.3 Å². The number of fused-ring (bicyclic) bond motifs is 1. The van der Waals surface area contributed by atoms with Gasteiger partial charge in [-0.2, -0.15) is 0 Å². The number of halogens is 1. The molecule has 2 atom stereocenters. The number of carbonyl (C=O) groups excluding carboxylic acids is 1. The monoisotopic (exact) mass is 486 g/mol. The molecule has 3 aromatic rings. The van der Waals surface area contributed by atoms with Gasteiger partial charge in [0.1, 0.15) is 11.6 Å². The second kappa shape index (κ2) is 11.1. The number of aromatic nitrogens is 4. The number of carbonyl (C=O) groups is 1. The first-order valence-electron chi connectivity index (χ1n) is 11.4. The van der Waals surface area contributed by atoms with Gasteiger partial charge in [-0.15, -0.1) is 11.3 Å². The highest BCUT2D eigenvalue weighted by atomic mass is 35.5. The van der Waals surface area contributed by atoms with Crippen LogP contribution in [-0.2, 0) is 14.3 Å². The van der Waals surface area contributed by atoms with Crippen molar-refractivity contribution in [2.24, 2.45) is 0 Å². The van der Waals surface area contributed by atoms with Crippen molar-refractivity contribution in [2.75, 3.05) is 6.61 Å². The molecule has 4 heterocycles. The maximum Gasteiger partial charge on any atom is 0.303 e. The molecule has 174 valence electrons. The van der Waals surface area contributed by atoms with Gasteiger partial charge in [-0.05, 0) is 23.8 Å². The summed E-state index contributed by atoms with van der Waals surface area (Å²) in [6.45, 7) is 4.07. The van der Waals surface area contributed by atoms with E-state index in [1.165, 1.54) is 32.6 Å². The van der Waals surface area contributed by atoms with Crippen LogP contribution in [0.2, 0.25) is 5.15 Å². The van der Waals surface area contributed by atoms with Crippen LogP contribution < -0.4 is 0 Å². The summed E-state index contributed by atoms with van der Waals surface area (Å²) in [7, 11) is 0. The first-order chi connectivity index (χ1) is 16.1. The molecule has 0 saturated carbocycles. The lowest BCUT2D eigenvalue weighted by Gasteiger charge is -2.21. The van der Waals surface area contributed by atoms with Crippen molar-refractivity contribution in [1.29, 1.82) is 0 Å². The molecular formula is C24H27ClN4O3S. The molecule has 0 bridgehead atoms. The fourth-order valence-corrected chi connectivity index (χ4v) is 4.82. The third-order valence-corrected chi connectivity index (χ3v) is 6.55. The Morgan fingerprint density at radius 3 is 2.91 bits per heavy atom. The standard InChI is InChI=1S/C24H27ClN4O3S/c1-3-4-5-6-7-8-9-12-19-26-21(25)20-23(27-19)29(22(28-20)18-11-10-15-33-18)24-17(13-14-31-24)32-16(2)30/h10-11,15,17,24H,3-8,13-14H2,1-2H3/t17-,24-/m1/s1. The van der Waals surface area contributed by atoms with E-state index >= 15 is 0 Å². The number of thiophene rings is 1. The van der Waals surface area contributed by atoms with Crippen LogP contribution in [0.3, 0.4) is 0 Å². The Morgan fingerprint density at radius 1 is 1.30 bits per heavy atom. The number of ether oxygens (including phenoxy) is 2. The summed E-state index contributed by atoms with van der Waals surface area (Å²) in [5.74, 6) is 6.87. The molecule has 33 heavy (non-hydrogen) atoms. The van der Waals surface area contributed by atoms with Gasteiger partial charge in [0.15, 0.2) is 22.9 Å². The molecule has 3 aromatic heterocycles. The van der Waals surface area contributed by atoms with Crippen LogP contribution in [0.15, 0.2) is 17.5 Å². The van der Waals surface area contributed by atoms with Crippen molar-refractivity contribution in [3.63, 3.8) is 0 Å². The van der Waals surface area contributed by atoms with E-state index in [1.807, 2.05) is 22.1 Å². The van der Waals surface area contributed by atoms with Crippen LogP contribution >= 0.6 is 22.9 Å². The number of hydrogen-bond acceptors (Lipinski definition) is 7. The lowest BCUT2D eigenvalue weighted by Crippen LogP contribution is -2.25. The lowest BCUT2D eigenvalue weighted by molar-refractivity contribution is -0.151. The summed E-state index contributed by atoms with van der Waals surface area (Å²) in [5.41, 5.74) is 0.997. The summed E-state index contributed by atoms with van der Waals surface area (Å²) >= 11 is 8.06. The Labute approximate surface area is 202 Å². The van der Waals surface area contributed by atoms with E-state index in [4.69, 9.17) is 26.1 Å². The van der Waals surface area contributed by atoms with Crippen molar-refractivity contribution in [3.05, 3.63) is 28.5 Å². The van der Waals surface area contributed by atoms with Gasteiger partial charge in [-0.3, -0.25) is 9.36 Å². The highest BCUT2D eigenvalue weighted by Gasteiger charge is 2.36. The molecule has 0 N–H and O–H groups in total. The summed E-state index contributed by atoms with van der Waals surface area (Å²) in [6, 6.07) is 3.92. The molecule has 0 aliphatic carbocycles. The normalized spacial score (nSPS) is 17.8. The van der Waals surface area contributed by atoms with Crippen LogP contribution in [0.25, 0.3) is 21.9 Å².